The van der Waals surface area contributed by atoms with Gasteiger partial charge in [-0.1, -0.05) is 30.5 Å². The summed E-state index contributed by atoms with van der Waals surface area (Å²) in [7, 11) is 1.81. The Labute approximate surface area is 144 Å². The number of guanidine groups is 1. The zero-order chi connectivity index (χ0) is 16.3. The first kappa shape index (κ1) is 18.0. The average molecular weight is 338 g/mol. The second-order valence-electron chi connectivity index (χ2n) is 5.92. The molecule has 0 radical (unpaired) electrons. The van der Waals surface area contributed by atoms with Gasteiger partial charge in [-0.05, 0) is 44.0 Å². The Morgan fingerprint density at radius 1 is 1.17 bits per heavy atom. The van der Waals surface area contributed by atoms with Gasteiger partial charge in [0.1, 0.15) is 5.15 Å². The Morgan fingerprint density at radius 2 is 1.91 bits per heavy atom. The third kappa shape index (κ3) is 7.18. The van der Waals surface area contributed by atoms with Gasteiger partial charge in [-0.2, -0.15) is 0 Å². The van der Waals surface area contributed by atoms with Gasteiger partial charge in [-0.3, -0.25) is 4.99 Å². The van der Waals surface area contributed by atoms with Gasteiger partial charge >= 0.3 is 0 Å². The SMILES string of the molecule is CN=C(NCCc1ccc(Cl)nc1)NCCN1CCCCCC1. The molecule has 2 heterocycles. The summed E-state index contributed by atoms with van der Waals surface area (Å²) in [5.74, 6) is 0.863. The summed E-state index contributed by atoms with van der Waals surface area (Å²) >= 11 is 5.79. The van der Waals surface area contributed by atoms with Gasteiger partial charge in [-0.15, -0.1) is 0 Å². The molecule has 1 aromatic heterocycles. The second-order valence-corrected chi connectivity index (χ2v) is 6.31. The first-order valence-corrected chi connectivity index (χ1v) is 8.93. The van der Waals surface area contributed by atoms with Crippen LogP contribution in [0.4, 0.5) is 0 Å². The van der Waals surface area contributed by atoms with Gasteiger partial charge in [-0.25, -0.2) is 4.98 Å². The Kier molecular flexibility index (Phi) is 8.18. The number of likely N-dealkylation sites (tertiary alicyclic amines) is 1. The van der Waals surface area contributed by atoms with E-state index in [1.54, 1.807) is 0 Å². The summed E-state index contributed by atoms with van der Waals surface area (Å²) in [6.07, 6.45) is 8.15. The molecule has 1 fully saturated rings. The van der Waals surface area contributed by atoms with Gasteiger partial charge < -0.3 is 15.5 Å². The minimum Gasteiger partial charge on any atom is -0.356 e. The number of rotatable bonds is 6. The number of aliphatic imine (C=N–C) groups is 1. The molecular formula is C17H28ClN5. The Balaban J connectivity index is 1.62. The Morgan fingerprint density at radius 3 is 2.57 bits per heavy atom. The van der Waals surface area contributed by atoms with E-state index in [0.717, 1.165) is 32.0 Å². The number of halogens is 1. The van der Waals surface area contributed by atoms with Crippen molar-refractivity contribution >= 4 is 17.6 Å². The molecule has 1 aliphatic rings. The summed E-state index contributed by atoms with van der Waals surface area (Å²) in [5.41, 5.74) is 1.17. The predicted molar refractivity (Wildman–Crippen MR) is 97.2 cm³/mol. The number of aromatic nitrogens is 1. The van der Waals surface area contributed by atoms with Crippen molar-refractivity contribution in [3.63, 3.8) is 0 Å². The highest BCUT2D eigenvalue weighted by molar-refractivity contribution is 6.29. The van der Waals surface area contributed by atoms with Crippen LogP contribution in [0.25, 0.3) is 0 Å². The number of nitrogens with zero attached hydrogens (tertiary/aromatic N) is 3. The van der Waals surface area contributed by atoms with Crippen molar-refractivity contribution in [3.8, 4) is 0 Å². The van der Waals surface area contributed by atoms with Crippen LogP contribution in [0.5, 0.6) is 0 Å². The lowest BCUT2D eigenvalue weighted by Crippen LogP contribution is -2.42. The second kappa shape index (κ2) is 10.4. The van der Waals surface area contributed by atoms with Gasteiger partial charge in [0.05, 0.1) is 0 Å². The minimum absolute atomic E-state index is 0.535. The molecule has 0 aromatic carbocycles. The maximum absolute atomic E-state index is 5.79. The molecule has 128 valence electrons. The van der Waals surface area contributed by atoms with E-state index in [9.17, 15) is 0 Å². The van der Waals surface area contributed by atoms with Gasteiger partial charge in [0.15, 0.2) is 5.96 Å². The molecule has 5 nitrogen and oxygen atoms in total. The molecule has 1 aliphatic heterocycles. The summed E-state index contributed by atoms with van der Waals surface area (Å²) in [6.45, 7) is 5.31. The van der Waals surface area contributed by atoms with Crippen molar-refractivity contribution < 1.29 is 0 Å². The molecule has 0 bridgehead atoms. The van der Waals surface area contributed by atoms with Crippen molar-refractivity contribution in [3.05, 3.63) is 29.0 Å². The van der Waals surface area contributed by atoms with E-state index in [1.165, 1.54) is 44.3 Å². The van der Waals surface area contributed by atoms with E-state index in [1.807, 2.05) is 25.4 Å². The van der Waals surface area contributed by atoms with Crippen LogP contribution in [0.1, 0.15) is 31.2 Å². The molecular weight excluding hydrogens is 310 g/mol. The molecule has 0 spiro atoms. The number of pyridine rings is 1. The van der Waals surface area contributed by atoms with Crippen molar-refractivity contribution in [2.24, 2.45) is 4.99 Å². The lowest BCUT2D eigenvalue weighted by molar-refractivity contribution is 0.289. The monoisotopic (exact) mass is 337 g/mol. The quantitative estimate of drug-likeness (QED) is 0.475. The molecule has 0 atom stereocenters. The van der Waals surface area contributed by atoms with Crippen LogP contribution in [-0.4, -0.2) is 55.6 Å². The number of hydrogen-bond acceptors (Lipinski definition) is 3. The average Bonchev–Trinajstić information content (AvgIpc) is 2.84. The van der Waals surface area contributed by atoms with Crippen molar-refractivity contribution in [1.29, 1.82) is 0 Å². The summed E-state index contributed by atoms with van der Waals surface area (Å²) in [4.78, 5) is 10.9. The van der Waals surface area contributed by atoms with Gasteiger partial charge in [0.25, 0.3) is 0 Å². The van der Waals surface area contributed by atoms with Crippen LogP contribution in [0.3, 0.4) is 0 Å². The molecule has 2 N–H and O–H groups in total. The summed E-state index contributed by atoms with van der Waals surface area (Å²) < 4.78 is 0. The summed E-state index contributed by atoms with van der Waals surface area (Å²) in [6, 6.07) is 3.83. The smallest absolute Gasteiger partial charge is 0.191 e. The molecule has 0 unspecified atom stereocenters. The molecule has 1 saturated heterocycles. The molecule has 6 heteroatoms. The maximum atomic E-state index is 5.79. The third-order valence-electron chi connectivity index (χ3n) is 4.14. The molecule has 2 rings (SSSR count). The fraction of sp³-hybridized carbons (Fsp3) is 0.647. The van der Waals surface area contributed by atoms with E-state index in [-0.39, 0.29) is 0 Å². The van der Waals surface area contributed by atoms with E-state index >= 15 is 0 Å². The molecule has 23 heavy (non-hydrogen) atoms. The fourth-order valence-electron chi connectivity index (χ4n) is 2.79. The van der Waals surface area contributed by atoms with Crippen molar-refractivity contribution in [1.82, 2.24) is 20.5 Å². The van der Waals surface area contributed by atoms with E-state index in [0.29, 0.717) is 5.15 Å². The highest BCUT2D eigenvalue weighted by Gasteiger charge is 2.08. The van der Waals surface area contributed by atoms with E-state index in [4.69, 9.17) is 11.6 Å². The minimum atomic E-state index is 0.535. The van der Waals surface area contributed by atoms with Crippen LogP contribution in [-0.2, 0) is 6.42 Å². The van der Waals surface area contributed by atoms with Gasteiger partial charge in [0.2, 0.25) is 0 Å². The third-order valence-corrected chi connectivity index (χ3v) is 4.36. The van der Waals surface area contributed by atoms with Crippen LogP contribution < -0.4 is 10.6 Å². The lowest BCUT2D eigenvalue weighted by atomic mass is 10.2. The highest BCUT2D eigenvalue weighted by Crippen LogP contribution is 2.08. The molecule has 0 saturated carbocycles. The fourth-order valence-corrected chi connectivity index (χ4v) is 2.90. The normalized spacial score (nSPS) is 16.9. The van der Waals surface area contributed by atoms with Crippen LogP contribution in [0, 0.1) is 0 Å². The first-order valence-electron chi connectivity index (χ1n) is 8.55. The van der Waals surface area contributed by atoms with Crippen molar-refractivity contribution in [2.45, 2.75) is 32.1 Å². The van der Waals surface area contributed by atoms with Crippen LogP contribution in [0.2, 0.25) is 5.15 Å². The zero-order valence-electron chi connectivity index (χ0n) is 14.0. The van der Waals surface area contributed by atoms with Crippen molar-refractivity contribution in [2.75, 3.05) is 39.8 Å². The number of nitrogens with one attached hydrogen (secondary N) is 2. The van der Waals surface area contributed by atoms with Gasteiger partial charge in [0, 0.05) is 32.9 Å². The topological polar surface area (TPSA) is 52.6 Å². The molecule has 1 aromatic rings. The molecule has 0 aliphatic carbocycles. The largest absolute Gasteiger partial charge is 0.356 e. The number of hydrogen-bond donors (Lipinski definition) is 2. The maximum Gasteiger partial charge on any atom is 0.191 e. The van der Waals surface area contributed by atoms with Crippen LogP contribution in [0.15, 0.2) is 23.3 Å². The lowest BCUT2D eigenvalue weighted by Gasteiger charge is -2.20. The summed E-state index contributed by atoms with van der Waals surface area (Å²) in [5, 5.41) is 7.27. The Bertz CT molecular complexity index is 466. The van der Waals surface area contributed by atoms with Crippen LogP contribution >= 0.6 is 11.6 Å². The molecule has 0 amide bonds. The zero-order valence-corrected chi connectivity index (χ0v) is 14.8. The van der Waals surface area contributed by atoms with E-state index in [2.05, 4.69) is 25.5 Å². The van der Waals surface area contributed by atoms with E-state index < -0.39 is 0 Å². The highest BCUT2D eigenvalue weighted by atomic mass is 35.5. The first-order chi connectivity index (χ1) is 11.3. The predicted octanol–water partition coefficient (Wildman–Crippen LogP) is 2.32. The Hall–Kier alpha value is -1.33. The standard InChI is InChI=1S/C17H28ClN5/c1-19-17(20-9-8-15-6-7-16(18)22-14-15)21-10-13-23-11-4-2-3-5-12-23/h6-7,14H,2-5,8-13H2,1H3,(H2,19,20,21).